The Morgan fingerprint density at radius 2 is 1.74 bits per heavy atom. The normalized spacial score (nSPS) is 19.3. The highest BCUT2D eigenvalue weighted by atomic mass is 19.1. The third kappa shape index (κ3) is 5.38. The lowest BCUT2D eigenvalue weighted by molar-refractivity contribution is -0.385. The molecule has 3 rings (SSSR count). The highest BCUT2D eigenvalue weighted by molar-refractivity contribution is 5.78. The Balaban J connectivity index is 1.60. The summed E-state index contributed by atoms with van der Waals surface area (Å²) in [6.45, 7) is 9.41. The standard InChI is InChI=1S/C23H28FN3O4/c1-15-9-21(27(29)30)10-16(2)23(15)31-14-22(28)26-12-17(3)25(11-18(26)4)13-19-5-7-20(24)8-6-19/h5-10,17-18H,11-14H2,1-4H3. The number of nitro groups is 1. The fourth-order valence-corrected chi connectivity index (χ4v) is 4.07. The van der Waals surface area contributed by atoms with E-state index in [1.54, 1.807) is 26.0 Å². The molecule has 2 aromatic rings. The van der Waals surface area contributed by atoms with Gasteiger partial charge >= 0.3 is 0 Å². The van der Waals surface area contributed by atoms with Crippen LogP contribution in [0.1, 0.15) is 30.5 Å². The average Bonchev–Trinajstić information content (AvgIpc) is 2.71. The Morgan fingerprint density at radius 3 is 2.32 bits per heavy atom. The van der Waals surface area contributed by atoms with Gasteiger partial charge in [0.05, 0.1) is 4.92 Å². The smallest absolute Gasteiger partial charge is 0.270 e. The molecule has 1 saturated heterocycles. The van der Waals surface area contributed by atoms with Crippen LogP contribution in [0.2, 0.25) is 0 Å². The molecule has 0 saturated carbocycles. The molecule has 0 aliphatic carbocycles. The van der Waals surface area contributed by atoms with E-state index in [0.717, 1.165) is 5.56 Å². The molecule has 0 radical (unpaired) electrons. The van der Waals surface area contributed by atoms with Crippen LogP contribution in [0.4, 0.5) is 10.1 Å². The number of nitro benzene ring substituents is 1. The summed E-state index contributed by atoms with van der Waals surface area (Å²) >= 11 is 0. The molecule has 8 heteroatoms. The highest BCUT2D eigenvalue weighted by Crippen LogP contribution is 2.28. The summed E-state index contributed by atoms with van der Waals surface area (Å²) < 4.78 is 18.9. The monoisotopic (exact) mass is 429 g/mol. The van der Waals surface area contributed by atoms with Crippen LogP contribution in [0, 0.1) is 29.8 Å². The van der Waals surface area contributed by atoms with E-state index in [2.05, 4.69) is 11.8 Å². The van der Waals surface area contributed by atoms with E-state index in [0.29, 0.717) is 36.5 Å². The van der Waals surface area contributed by atoms with Gasteiger partial charge in [0.15, 0.2) is 6.61 Å². The first kappa shape index (κ1) is 22.7. The van der Waals surface area contributed by atoms with Crippen LogP contribution in [0.3, 0.4) is 0 Å². The summed E-state index contributed by atoms with van der Waals surface area (Å²) in [5.41, 5.74) is 2.30. The molecular formula is C23H28FN3O4. The predicted molar refractivity (Wildman–Crippen MR) is 116 cm³/mol. The lowest BCUT2D eigenvalue weighted by Crippen LogP contribution is -2.58. The van der Waals surface area contributed by atoms with Gasteiger partial charge in [-0.1, -0.05) is 12.1 Å². The first-order chi connectivity index (χ1) is 14.7. The van der Waals surface area contributed by atoms with Crippen molar-refractivity contribution >= 4 is 11.6 Å². The minimum absolute atomic E-state index is 0.00630. The molecule has 1 aliphatic rings. The number of ether oxygens (including phenoxy) is 1. The summed E-state index contributed by atoms with van der Waals surface area (Å²) in [6, 6.07) is 9.54. The number of nitrogens with zero attached hydrogens (tertiary/aromatic N) is 3. The molecule has 166 valence electrons. The van der Waals surface area contributed by atoms with Crippen molar-refractivity contribution < 1.29 is 18.8 Å². The first-order valence-corrected chi connectivity index (χ1v) is 10.3. The largest absolute Gasteiger partial charge is 0.483 e. The van der Waals surface area contributed by atoms with Crippen LogP contribution in [0.15, 0.2) is 36.4 Å². The lowest BCUT2D eigenvalue weighted by atomic mass is 10.1. The van der Waals surface area contributed by atoms with Crippen LogP contribution in [0.25, 0.3) is 0 Å². The van der Waals surface area contributed by atoms with E-state index < -0.39 is 4.92 Å². The molecule has 2 atom stereocenters. The number of amides is 1. The van der Waals surface area contributed by atoms with Gasteiger partial charge in [0.25, 0.3) is 11.6 Å². The second-order valence-corrected chi connectivity index (χ2v) is 8.25. The Kier molecular flexibility index (Phi) is 6.90. The fourth-order valence-electron chi connectivity index (χ4n) is 4.07. The number of non-ortho nitro benzene ring substituents is 1. The second kappa shape index (κ2) is 9.43. The van der Waals surface area contributed by atoms with Crippen molar-refractivity contribution in [3.8, 4) is 5.75 Å². The molecule has 0 aromatic heterocycles. The molecule has 31 heavy (non-hydrogen) atoms. The number of halogens is 1. The van der Waals surface area contributed by atoms with E-state index >= 15 is 0 Å². The summed E-state index contributed by atoms with van der Waals surface area (Å²) in [5.74, 6) is 0.145. The zero-order valence-corrected chi connectivity index (χ0v) is 18.3. The van der Waals surface area contributed by atoms with Crippen molar-refractivity contribution in [3.63, 3.8) is 0 Å². The Hall–Kier alpha value is -3.00. The van der Waals surface area contributed by atoms with E-state index in [4.69, 9.17) is 4.74 Å². The summed E-state index contributed by atoms with van der Waals surface area (Å²) in [7, 11) is 0. The minimum Gasteiger partial charge on any atom is -0.483 e. The van der Waals surface area contributed by atoms with E-state index in [1.165, 1.54) is 24.3 Å². The summed E-state index contributed by atoms with van der Waals surface area (Å²) in [5, 5.41) is 11.0. The highest BCUT2D eigenvalue weighted by Gasteiger charge is 2.32. The van der Waals surface area contributed by atoms with Gasteiger partial charge in [-0.2, -0.15) is 0 Å². The van der Waals surface area contributed by atoms with Gasteiger partial charge in [-0.15, -0.1) is 0 Å². The maximum Gasteiger partial charge on any atom is 0.270 e. The number of hydrogen-bond donors (Lipinski definition) is 0. The van der Waals surface area contributed by atoms with Gasteiger partial charge in [-0.05, 0) is 56.5 Å². The van der Waals surface area contributed by atoms with Crippen LogP contribution < -0.4 is 4.74 Å². The number of carbonyl (C=O) groups is 1. The van der Waals surface area contributed by atoms with Gasteiger partial charge in [-0.25, -0.2) is 4.39 Å². The summed E-state index contributed by atoms with van der Waals surface area (Å²) in [4.78, 5) is 27.5. The number of hydrogen-bond acceptors (Lipinski definition) is 5. The number of carbonyl (C=O) groups excluding carboxylic acids is 1. The van der Waals surface area contributed by atoms with Crippen LogP contribution >= 0.6 is 0 Å². The van der Waals surface area contributed by atoms with Gasteiger partial charge in [0, 0.05) is 43.9 Å². The SMILES string of the molecule is Cc1cc([N+](=O)[O-])cc(C)c1OCC(=O)N1CC(C)N(Cc2ccc(F)cc2)CC1C. The second-order valence-electron chi connectivity index (χ2n) is 8.25. The van der Waals surface area contributed by atoms with E-state index in [9.17, 15) is 19.3 Å². The lowest BCUT2D eigenvalue weighted by Gasteiger charge is -2.44. The van der Waals surface area contributed by atoms with Crippen LogP contribution in [-0.2, 0) is 11.3 Å². The van der Waals surface area contributed by atoms with Crippen molar-refractivity contribution in [1.29, 1.82) is 0 Å². The molecule has 1 fully saturated rings. The molecule has 2 aromatic carbocycles. The Morgan fingerprint density at radius 1 is 1.13 bits per heavy atom. The average molecular weight is 429 g/mol. The van der Waals surface area contributed by atoms with Crippen molar-refractivity contribution in [2.45, 2.75) is 46.3 Å². The Bertz CT molecular complexity index is 941. The van der Waals surface area contributed by atoms with Crippen LogP contribution in [-0.4, -0.2) is 52.4 Å². The van der Waals surface area contributed by atoms with Crippen LogP contribution in [0.5, 0.6) is 5.75 Å². The van der Waals surface area contributed by atoms with E-state index in [-0.39, 0.29) is 36.1 Å². The van der Waals surface area contributed by atoms with Crippen molar-refractivity contribution in [3.05, 3.63) is 69.0 Å². The maximum atomic E-state index is 13.1. The molecule has 7 nitrogen and oxygen atoms in total. The zero-order chi connectivity index (χ0) is 22.7. The van der Waals surface area contributed by atoms with E-state index in [1.807, 2.05) is 11.8 Å². The van der Waals surface area contributed by atoms with Crippen molar-refractivity contribution in [1.82, 2.24) is 9.80 Å². The number of aryl methyl sites for hydroxylation is 2. The van der Waals surface area contributed by atoms with Crippen molar-refractivity contribution in [2.75, 3.05) is 19.7 Å². The molecule has 0 N–H and O–H groups in total. The minimum atomic E-state index is -0.441. The fraction of sp³-hybridized carbons (Fsp3) is 0.435. The van der Waals surface area contributed by atoms with Gasteiger partial charge in [0.2, 0.25) is 0 Å². The molecule has 2 unspecified atom stereocenters. The molecular weight excluding hydrogens is 401 g/mol. The predicted octanol–water partition coefficient (Wildman–Crippen LogP) is 3.85. The molecule has 1 heterocycles. The maximum absolute atomic E-state index is 13.1. The molecule has 1 aliphatic heterocycles. The third-order valence-electron chi connectivity index (χ3n) is 5.73. The quantitative estimate of drug-likeness (QED) is 0.515. The topological polar surface area (TPSA) is 75.9 Å². The molecule has 0 spiro atoms. The van der Waals surface area contributed by atoms with Gasteiger partial charge in [-0.3, -0.25) is 19.8 Å². The third-order valence-corrected chi connectivity index (χ3v) is 5.73. The number of piperazine rings is 1. The van der Waals surface area contributed by atoms with Gasteiger partial charge in [0.1, 0.15) is 11.6 Å². The molecule has 0 bridgehead atoms. The summed E-state index contributed by atoms with van der Waals surface area (Å²) in [6.07, 6.45) is 0. The first-order valence-electron chi connectivity index (χ1n) is 10.3. The number of rotatable bonds is 6. The van der Waals surface area contributed by atoms with Crippen molar-refractivity contribution in [2.24, 2.45) is 0 Å². The zero-order valence-electron chi connectivity index (χ0n) is 18.3. The van der Waals surface area contributed by atoms with Gasteiger partial charge < -0.3 is 9.64 Å². The molecule has 1 amide bonds. The number of benzene rings is 2. The Labute approximate surface area is 181 Å².